The number of halogens is 3. The third kappa shape index (κ3) is 5.06. The fourth-order valence-electron chi connectivity index (χ4n) is 2.11. The molecule has 0 saturated carbocycles. The van der Waals surface area contributed by atoms with Crippen molar-refractivity contribution in [1.29, 1.82) is 0 Å². The number of hydrogen-bond donors (Lipinski definition) is 1. The van der Waals surface area contributed by atoms with Crippen molar-refractivity contribution in [1.82, 2.24) is 5.32 Å². The quantitative estimate of drug-likeness (QED) is 0.671. The maximum absolute atomic E-state index is 6.17. The van der Waals surface area contributed by atoms with E-state index in [1.165, 1.54) is 0 Å². The zero-order valence-electron chi connectivity index (χ0n) is 12.3. The van der Waals surface area contributed by atoms with Crippen molar-refractivity contribution in [2.45, 2.75) is 19.9 Å². The molecule has 0 radical (unpaired) electrons. The van der Waals surface area contributed by atoms with E-state index in [0.29, 0.717) is 21.7 Å². The molecular formula is C17H18Cl3NO. The Kier molecular flexibility index (Phi) is 6.84. The Balaban J connectivity index is 1.82. The summed E-state index contributed by atoms with van der Waals surface area (Å²) in [6.45, 7) is 4.12. The molecule has 22 heavy (non-hydrogen) atoms. The fourth-order valence-corrected chi connectivity index (χ4v) is 2.87. The van der Waals surface area contributed by atoms with Crippen molar-refractivity contribution in [3.8, 4) is 5.75 Å². The summed E-state index contributed by atoms with van der Waals surface area (Å²) >= 11 is 18.2. The summed E-state index contributed by atoms with van der Waals surface area (Å²) in [6, 6.07) is 11.4. The number of rotatable bonds is 7. The topological polar surface area (TPSA) is 21.3 Å². The van der Waals surface area contributed by atoms with Crippen LogP contribution in [0.15, 0.2) is 36.4 Å². The summed E-state index contributed by atoms with van der Waals surface area (Å²) in [5, 5.41) is 5.39. The lowest BCUT2D eigenvalue weighted by atomic mass is 10.1. The van der Waals surface area contributed by atoms with Gasteiger partial charge >= 0.3 is 0 Å². The second-order valence-corrected chi connectivity index (χ2v) is 6.11. The average molecular weight is 359 g/mol. The molecular weight excluding hydrogens is 341 g/mol. The SMILES string of the molecule is CCOc1ccc(CNCCc2ccc(Cl)cc2Cl)cc1Cl. The van der Waals surface area contributed by atoms with Crippen molar-refractivity contribution in [2.24, 2.45) is 0 Å². The van der Waals surface area contributed by atoms with E-state index in [4.69, 9.17) is 39.5 Å². The van der Waals surface area contributed by atoms with Crippen LogP contribution in [0, 0.1) is 0 Å². The second kappa shape index (κ2) is 8.64. The van der Waals surface area contributed by atoms with Crippen molar-refractivity contribution < 1.29 is 4.74 Å². The van der Waals surface area contributed by atoms with E-state index in [1.807, 2.05) is 37.3 Å². The Morgan fingerprint density at radius 2 is 1.82 bits per heavy atom. The normalized spacial score (nSPS) is 10.7. The van der Waals surface area contributed by atoms with Crippen LogP contribution >= 0.6 is 34.8 Å². The lowest BCUT2D eigenvalue weighted by Crippen LogP contribution is -2.16. The van der Waals surface area contributed by atoms with Crippen LogP contribution < -0.4 is 10.1 Å². The zero-order chi connectivity index (χ0) is 15.9. The lowest BCUT2D eigenvalue weighted by molar-refractivity contribution is 0.340. The van der Waals surface area contributed by atoms with Gasteiger partial charge in [-0.05, 0) is 55.3 Å². The highest BCUT2D eigenvalue weighted by Gasteiger charge is 2.04. The minimum absolute atomic E-state index is 0.610. The first-order valence-electron chi connectivity index (χ1n) is 7.16. The molecule has 118 valence electrons. The zero-order valence-corrected chi connectivity index (χ0v) is 14.6. The highest BCUT2D eigenvalue weighted by Crippen LogP contribution is 2.25. The van der Waals surface area contributed by atoms with Crippen molar-refractivity contribution >= 4 is 34.8 Å². The molecule has 0 spiro atoms. The smallest absolute Gasteiger partial charge is 0.137 e. The van der Waals surface area contributed by atoms with Gasteiger partial charge in [0.15, 0.2) is 0 Å². The minimum atomic E-state index is 0.610. The Morgan fingerprint density at radius 1 is 1.00 bits per heavy atom. The van der Waals surface area contributed by atoms with Crippen LogP contribution in [0.2, 0.25) is 15.1 Å². The molecule has 0 aliphatic rings. The number of benzene rings is 2. The minimum Gasteiger partial charge on any atom is -0.492 e. The first-order chi connectivity index (χ1) is 10.6. The molecule has 1 N–H and O–H groups in total. The maximum atomic E-state index is 6.17. The van der Waals surface area contributed by atoms with E-state index >= 15 is 0 Å². The van der Waals surface area contributed by atoms with Gasteiger partial charge in [-0.1, -0.05) is 46.9 Å². The van der Waals surface area contributed by atoms with Gasteiger partial charge in [0.2, 0.25) is 0 Å². The van der Waals surface area contributed by atoms with Crippen molar-refractivity contribution in [3.05, 3.63) is 62.6 Å². The molecule has 2 rings (SSSR count). The van der Waals surface area contributed by atoms with Gasteiger partial charge in [0.1, 0.15) is 5.75 Å². The molecule has 5 heteroatoms. The first kappa shape index (κ1) is 17.4. The monoisotopic (exact) mass is 357 g/mol. The molecule has 0 aliphatic heterocycles. The molecule has 0 heterocycles. The lowest BCUT2D eigenvalue weighted by Gasteiger charge is -2.09. The average Bonchev–Trinajstić information content (AvgIpc) is 2.48. The fraction of sp³-hybridized carbons (Fsp3) is 0.294. The van der Waals surface area contributed by atoms with E-state index in [-0.39, 0.29) is 0 Å². The van der Waals surface area contributed by atoms with E-state index < -0.39 is 0 Å². The summed E-state index contributed by atoms with van der Waals surface area (Å²) in [7, 11) is 0. The van der Waals surface area contributed by atoms with Crippen LogP contribution in [0.1, 0.15) is 18.1 Å². The van der Waals surface area contributed by atoms with Gasteiger partial charge in [0.25, 0.3) is 0 Å². The van der Waals surface area contributed by atoms with Gasteiger partial charge in [-0.2, -0.15) is 0 Å². The molecule has 0 atom stereocenters. The van der Waals surface area contributed by atoms with Crippen LogP contribution in [-0.2, 0) is 13.0 Å². The molecule has 0 aliphatic carbocycles. The van der Waals surface area contributed by atoms with E-state index in [0.717, 1.165) is 36.4 Å². The summed E-state index contributed by atoms with van der Waals surface area (Å²) in [4.78, 5) is 0. The number of ether oxygens (including phenoxy) is 1. The van der Waals surface area contributed by atoms with Gasteiger partial charge in [0, 0.05) is 16.6 Å². The predicted octanol–water partition coefficient (Wildman–Crippen LogP) is 5.38. The van der Waals surface area contributed by atoms with Crippen LogP contribution in [0.3, 0.4) is 0 Å². The first-order valence-corrected chi connectivity index (χ1v) is 8.29. The summed E-state index contributed by atoms with van der Waals surface area (Å²) < 4.78 is 5.42. The van der Waals surface area contributed by atoms with Gasteiger partial charge in [-0.3, -0.25) is 0 Å². The predicted molar refractivity (Wildman–Crippen MR) is 94.5 cm³/mol. The van der Waals surface area contributed by atoms with E-state index in [1.54, 1.807) is 6.07 Å². The standard InChI is InChI=1S/C17H18Cl3NO/c1-2-22-17-6-3-12(9-16(17)20)11-21-8-7-13-4-5-14(18)10-15(13)19/h3-6,9-10,21H,2,7-8,11H2,1H3. The molecule has 0 unspecified atom stereocenters. The molecule has 2 aromatic rings. The Labute approximate surface area is 146 Å². The van der Waals surface area contributed by atoms with Crippen LogP contribution in [0.25, 0.3) is 0 Å². The molecule has 0 aromatic heterocycles. The summed E-state index contributed by atoms with van der Waals surface area (Å²) in [5.41, 5.74) is 2.21. The maximum Gasteiger partial charge on any atom is 0.137 e. The molecule has 0 saturated heterocycles. The third-order valence-corrected chi connectivity index (χ3v) is 4.09. The third-order valence-electron chi connectivity index (χ3n) is 3.21. The Bertz CT molecular complexity index is 631. The molecule has 0 amide bonds. The van der Waals surface area contributed by atoms with Gasteiger partial charge in [0.05, 0.1) is 11.6 Å². The largest absolute Gasteiger partial charge is 0.492 e. The number of hydrogen-bond acceptors (Lipinski definition) is 2. The van der Waals surface area contributed by atoms with Crippen molar-refractivity contribution in [2.75, 3.05) is 13.2 Å². The van der Waals surface area contributed by atoms with Crippen LogP contribution in [0.5, 0.6) is 5.75 Å². The molecule has 2 nitrogen and oxygen atoms in total. The molecule has 2 aromatic carbocycles. The molecule has 0 bridgehead atoms. The summed E-state index contributed by atoms with van der Waals surface area (Å²) in [6.07, 6.45) is 0.848. The Hall–Kier alpha value is -0.930. The highest BCUT2D eigenvalue weighted by molar-refractivity contribution is 6.35. The van der Waals surface area contributed by atoms with Crippen molar-refractivity contribution in [3.63, 3.8) is 0 Å². The van der Waals surface area contributed by atoms with Gasteiger partial charge < -0.3 is 10.1 Å². The Morgan fingerprint density at radius 3 is 2.50 bits per heavy atom. The van der Waals surface area contributed by atoms with E-state index in [2.05, 4.69) is 5.32 Å². The van der Waals surface area contributed by atoms with Crippen LogP contribution in [0.4, 0.5) is 0 Å². The highest BCUT2D eigenvalue weighted by atomic mass is 35.5. The van der Waals surface area contributed by atoms with Gasteiger partial charge in [-0.15, -0.1) is 0 Å². The number of nitrogens with one attached hydrogen (secondary N) is 1. The molecule has 0 fully saturated rings. The van der Waals surface area contributed by atoms with Crippen LogP contribution in [-0.4, -0.2) is 13.2 Å². The van der Waals surface area contributed by atoms with Gasteiger partial charge in [-0.25, -0.2) is 0 Å². The summed E-state index contributed by atoms with van der Waals surface area (Å²) in [5.74, 6) is 0.723. The van der Waals surface area contributed by atoms with E-state index in [9.17, 15) is 0 Å². The second-order valence-electron chi connectivity index (χ2n) is 4.86.